The van der Waals surface area contributed by atoms with Crippen molar-refractivity contribution in [3.63, 3.8) is 0 Å². The van der Waals surface area contributed by atoms with Crippen molar-refractivity contribution in [1.82, 2.24) is 0 Å². The number of Topliss-reactive ketones (excluding diaryl/α,β-unsaturated/α-hetero) is 1. The molecule has 0 bridgehead atoms. The van der Waals surface area contributed by atoms with Gasteiger partial charge in [0.15, 0.2) is 0 Å². The van der Waals surface area contributed by atoms with Crippen LogP contribution in [0.1, 0.15) is 68.4 Å². The molecule has 0 amide bonds. The van der Waals surface area contributed by atoms with Crippen LogP contribution in [0.3, 0.4) is 0 Å². The maximum absolute atomic E-state index is 11.4. The number of nitrogens with zero attached hydrogens (tertiary/aromatic N) is 1. The van der Waals surface area contributed by atoms with Gasteiger partial charge in [-0.1, -0.05) is 12.1 Å². The molecule has 0 aliphatic heterocycles. The molecule has 0 unspecified atom stereocenters. The highest BCUT2D eigenvalue weighted by Crippen LogP contribution is 2.42. The molecule has 0 heterocycles. The molecule has 2 fully saturated rings. The van der Waals surface area contributed by atoms with Crippen LogP contribution in [0.4, 0.5) is 0 Å². The lowest BCUT2D eigenvalue weighted by Crippen LogP contribution is -2.25. The third kappa shape index (κ3) is 3.35. The zero-order valence-electron chi connectivity index (χ0n) is 12.6. The van der Waals surface area contributed by atoms with Crippen molar-refractivity contribution >= 4 is 5.78 Å². The first-order valence-electron chi connectivity index (χ1n) is 8.28. The highest BCUT2D eigenvalue weighted by molar-refractivity contribution is 5.79. The summed E-state index contributed by atoms with van der Waals surface area (Å²) >= 11 is 0. The Morgan fingerprint density at radius 3 is 2.00 bits per heavy atom. The van der Waals surface area contributed by atoms with Crippen molar-refractivity contribution < 1.29 is 4.79 Å². The second-order valence-corrected chi connectivity index (χ2v) is 6.72. The highest BCUT2D eigenvalue weighted by Gasteiger charge is 2.30. The summed E-state index contributed by atoms with van der Waals surface area (Å²) in [7, 11) is 0. The average molecular weight is 281 g/mol. The van der Waals surface area contributed by atoms with E-state index in [0.717, 1.165) is 43.1 Å². The van der Waals surface area contributed by atoms with Gasteiger partial charge in [0.25, 0.3) is 0 Å². The topological polar surface area (TPSA) is 40.9 Å². The zero-order chi connectivity index (χ0) is 14.7. The van der Waals surface area contributed by atoms with Gasteiger partial charge in [0, 0.05) is 12.8 Å². The Labute approximate surface area is 127 Å². The maximum atomic E-state index is 11.4. The lowest BCUT2D eigenvalue weighted by molar-refractivity contribution is -0.121. The summed E-state index contributed by atoms with van der Waals surface area (Å²) in [6.07, 6.45) is 9.05. The zero-order valence-corrected chi connectivity index (χ0v) is 12.6. The molecule has 0 N–H and O–H groups in total. The van der Waals surface area contributed by atoms with Crippen LogP contribution in [-0.2, 0) is 4.79 Å². The Kier molecular flexibility index (Phi) is 4.39. The SMILES string of the molecule is N#Cc1ccc(C2CCC(C3CCC(=O)CC3)CC2)cc1. The Bertz CT molecular complexity index is 522. The van der Waals surface area contributed by atoms with Gasteiger partial charge in [-0.2, -0.15) is 5.26 Å². The molecule has 1 aromatic carbocycles. The molecular formula is C19H23NO. The molecule has 2 heteroatoms. The number of nitriles is 1. The molecule has 2 saturated carbocycles. The molecule has 0 atom stereocenters. The van der Waals surface area contributed by atoms with E-state index in [1.165, 1.54) is 31.2 Å². The first-order chi connectivity index (χ1) is 10.3. The van der Waals surface area contributed by atoms with E-state index in [-0.39, 0.29) is 0 Å². The van der Waals surface area contributed by atoms with Gasteiger partial charge in [0.05, 0.1) is 11.6 Å². The van der Waals surface area contributed by atoms with E-state index in [1.54, 1.807) is 0 Å². The predicted octanol–water partition coefficient (Wildman–Crippen LogP) is 4.59. The maximum Gasteiger partial charge on any atom is 0.132 e. The van der Waals surface area contributed by atoms with Crippen LogP contribution in [-0.4, -0.2) is 5.78 Å². The van der Waals surface area contributed by atoms with E-state index in [0.29, 0.717) is 11.7 Å². The number of hydrogen-bond donors (Lipinski definition) is 0. The van der Waals surface area contributed by atoms with Crippen LogP contribution in [0.2, 0.25) is 0 Å². The van der Waals surface area contributed by atoms with E-state index in [4.69, 9.17) is 5.26 Å². The number of ketones is 1. The smallest absolute Gasteiger partial charge is 0.132 e. The minimum Gasteiger partial charge on any atom is -0.300 e. The van der Waals surface area contributed by atoms with Gasteiger partial charge < -0.3 is 0 Å². The third-order valence-electron chi connectivity index (χ3n) is 5.54. The summed E-state index contributed by atoms with van der Waals surface area (Å²) < 4.78 is 0. The Morgan fingerprint density at radius 2 is 1.43 bits per heavy atom. The molecule has 2 aliphatic carbocycles. The van der Waals surface area contributed by atoms with E-state index in [1.807, 2.05) is 12.1 Å². The van der Waals surface area contributed by atoms with Gasteiger partial charge >= 0.3 is 0 Å². The van der Waals surface area contributed by atoms with Crippen LogP contribution in [0.25, 0.3) is 0 Å². The van der Waals surface area contributed by atoms with Gasteiger partial charge in [-0.25, -0.2) is 0 Å². The van der Waals surface area contributed by atoms with Gasteiger partial charge in [-0.05, 0) is 74.0 Å². The minimum atomic E-state index is 0.470. The van der Waals surface area contributed by atoms with Crippen molar-refractivity contribution in [3.8, 4) is 6.07 Å². The Balaban J connectivity index is 1.55. The van der Waals surface area contributed by atoms with Crippen LogP contribution < -0.4 is 0 Å². The normalized spacial score (nSPS) is 27.3. The minimum absolute atomic E-state index is 0.470. The second kappa shape index (κ2) is 6.43. The monoisotopic (exact) mass is 281 g/mol. The van der Waals surface area contributed by atoms with Gasteiger partial charge in [0.1, 0.15) is 5.78 Å². The fourth-order valence-electron chi connectivity index (χ4n) is 4.19. The summed E-state index contributed by atoms with van der Waals surface area (Å²) in [5.74, 6) is 2.77. The Hall–Kier alpha value is -1.62. The number of hydrogen-bond acceptors (Lipinski definition) is 2. The van der Waals surface area contributed by atoms with Crippen molar-refractivity contribution in [2.24, 2.45) is 11.8 Å². The summed E-state index contributed by atoms with van der Waals surface area (Å²) in [6.45, 7) is 0. The fourth-order valence-corrected chi connectivity index (χ4v) is 4.19. The summed E-state index contributed by atoms with van der Waals surface area (Å²) in [5, 5.41) is 8.86. The quantitative estimate of drug-likeness (QED) is 0.795. The number of carbonyl (C=O) groups excluding carboxylic acids is 1. The molecular weight excluding hydrogens is 258 g/mol. The van der Waals surface area contributed by atoms with Gasteiger partial charge in [-0.3, -0.25) is 4.79 Å². The van der Waals surface area contributed by atoms with E-state index >= 15 is 0 Å². The van der Waals surface area contributed by atoms with E-state index in [2.05, 4.69) is 18.2 Å². The number of carbonyl (C=O) groups is 1. The molecule has 2 aliphatic rings. The van der Waals surface area contributed by atoms with Crippen molar-refractivity contribution in [3.05, 3.63) is 35.4 Å². The first-order valence-corrected chi connectivity index (χ1v) is 8.28. The molecule has 0 spiro atoms. The van der Waals surface area contributed by atoms with Gasteiger partial charge in [-0.15, -0.1) is 0 Å². The molecule has 21 heavy (non-hydrogen) atoms. The summed E-state index contributed by atoms with van der Waals surface area (Å²) in [4.78, 5) is 11.4. The predicted molar refractivity (Wildman–Crippen MR) is 82.8 cm³/mol. The molecule has 0 radical (unpaired) electrons. The summed E-state index contributed by atoms with van der Waals surface area (Å²) in [6, 6.07) is 10.3. The molecule has 110 valence electrons. The van der Waals surface area contributed by atoms with E-state index < -0.39 is 0 Å². The van der Waals surface area contributed by atoms with E-state index in [9.17, 15) is 4.79 Å². The number of rotatable bonds is 2. The molecule has 1 aromatic rings. The van der Waals surface area contributed by atoms with Crippen molar-refractivity contribution in [2.45, 2.75) is 57.3 Å². The second-order valence-electron chi connectivity index (χ2n) is 6.72. The standard InChI is InChI=1S/C19H23NO/c20-13-14-1-3-15(4-2-14)16-5-7-17(8-6-16)18-9-11-19(21)12-10-18/h1-4,16-18H,5-12H2. The van der Waals surface area contributed by atoms with Crippen molar-refractivity contribution in [2.75, 3.05) is 0 Å². The molecule has 0 aromatic heterocycles. The average Bonchev–Trinajstić information content (AvgIpc) is 2.56. The first kappa shape index (κ1) is 14.3. The van der Waals surface area contributed by atoms with Crippen molar-refractivity contribution in [1.29, 1.82) is 5.26 Å². The highest BCUT2D eigenvalue weighted by atomic mass is 16.1. The molecule has 2 nitrogen and oxygen atoms in total. The van der Waals surface area contributed by atoms with Crippen LogP contribution in [0.15, 0.2) is 24.3 Å². The number of benzene rings is 1. The Morgan fingerprint density at radius 1 is 0.857 bits per heavy atom. The fraction of sp³-hybridized carbons (Fsp3) is 0.579. The van der Waals surface area contributed by atoms with Crippen LogP contribution >= 0.6 is 0 Å². The van der Waals surface area contributed by atoms with Gasteiger partial charge in [0.2, 0.25) is 0 Å². The van der Waals surface area contributed by atoms with Crippen LogP contribution in [0.5, 0.6) is 0 Å². The molecule has 3 rings (SSSR count). The lowest BCUT2D eigenvalue weighted by atomic mass is 9.70. The van der Waals surface area contributed by atoms with Crippen LogP contribution in [0, 0.1) is 23.2 Å². The molecule has 0 saturated heterocycles. The lowest BCUT2D eigenvalue weighted by Gasteiger charge is -2.35. The third-order valence-corrected chi connectivity index (χ3v) is 5.54. The largest absolute Gasteiger partial charge is 0.300 e. The summed E-state index contributed by atoms with van der Waals surface area (Å²) in [5.41, 5.74) is 2.14.